The van der Waals surface area contributed by atoms with Crippen LogP contribution in [0.1, 0.15) is 17.3 Å². The van der Waals surface area contributed by atoms with Crippen molar-refractivity contribution in [2.24, 2.45) is 0 Å². The highest BCUT2D eigenvalue weighted by atomic mass is 16.4. The van der Waals surface area contributed by atoms with E-state index in [4.69, 9.17) is 5.11 Å². The maximum absolute atomic E-state index is 11.9. The van der Waals surface area contributed by atoms with E-state index in [1.807, 2.05) is 6.07 Å². The van der Waals surface area contributed by atoms with Gasteiger partial charge in [-0.1, -0.05) is 6.07 Å². The molecule has 0 aliphatic rings. The molecule has 1 heterocycles. The molecule has 0 saturated carbocycles. The predicted octanol–water partition coefficient (Wildman–Crippen LogP) is 0.732. The maximum Gasteiger partial charge on any atom is 0.328 e. The van der Waals surface area contributed by atoms with Crippen molar-refractivity contribution in [1.82, 2.24) is 10.3 Å². The van der Waals surface area contributed by atoms with Crippen LogP contribution in [0.25, 0.3) is 10.9 Å². The molecule has 19 heavy (non-hydrogen) atoms. The number of H-pyrrole nitrogens is 1. The number of carboxylic acids is 1. The van der Waals surface area contributed by atoms with Crippen LogP contribution in [0, 0.1) is 0 Å². The fourth-order valence-electron chi connectivity index (χ4n) is 1.80. The molecule has 0 saturated heterocycles. The molecule has 6 heteroatoms. The summed E-state index contributed by atoms with van der Waals surface area (Å²) in [5.74, 6) is -1.81. The molecule has 0 aliphatic heterocycles. The Morgan fingerprint density at radius 1 is 1.32 bits per heavy atom. The third kappa shape index (κ3) is 2.74. The van der Waals surface area contributed by atoms with Gasteiger partial charge in [-0.15, -0.1) is 0 Å². The summed E-state index contributed by atoms with van der Waals surface area (Å²) >= 11 is 0. The van der Waals surface area contributed by atoms with Crippen LogP contribution < -0.4 is 5.32 Å². The highest BCUT2D eigenvalue weighted by Gasteiger charge is 2.25. The molecule has 2 unspecified atom stereocenters. The number of rotatable bonds is 4. The van der Waals surface area contributed by atoms with E-state index >= 15 is 0 Å². The number of hydrogen-bond acceptors (Lipinski definition) is 3. The number of benzene rings is 1. The summed E-state index contributed by atoms with van der Waals surface area (Å²) in [4.78, 5) is 25.8. The van der Waals surface area contributed by atoms with Crippen molar-refractivity contribution < 1.29 is 19.8 Å². The lowest BCUT2D eigenvalue weighted by Gasteiger charge is -2.16. The first kappa shape index (κ1) is 13.1. The average Bonchev–Trinajstić information content (AvgIpc) is 2.81. The Hall–Kier alpha value is -2.34. The lowest BCUT2D eigenvalue weighted by atomic mass is 10.1. The second-order valence-corrected chi connectivity index (χ2v) is 4.31. The minimum atomic E-state index is -1.33. The third-order valence-electron chi connectivity index (χ3n) is 2.85. The average molecular weight is 262 g/mol. The topological polar surface area (TPSA) is 102 Å². The number of hydrogen-bond donors (Lipinski definition) is 4. The molecule has 0 bridgehead atoms. The standard InChI is InChI=1S/C13H14N2O4/c1-7(16)11(13(18)19)15-12(17)9-3-2-8-4-5-14-10(8)6-9/h2-7,11,14,16H,1H3,(H,15,17)(H,18,19). The maximum atomic E-state index is 11.9. The van der Waals surface area contributed by atoms with Crippen LogP contribution in [0.15, 0.2) is 30.5 Å². The number of aliphatic carboxylic acids is 1. The zero-order valence-electron chi connectivity index (χ0n) is 10.3. The van der Waals surface area contributed by atoms with Crippen LogP contribution in [0.5, 0.6) is 0 Å². The molecule has 100 valence electrons. The second-order valence-electron chi connectivity index (χ2n) is 4.31. The summed E-state index contributed by atoms with van der Waals surface area (Å²) in [6.45, 7) is 1.31. The van der Waals surface area contributed by atoms with Crippen LogP contribution in [0.3, 0.4) is 0 Å². The van der Waals surface area contributed by atoms with Crippen LogP contribution in [0.4, 0.5) is 0 Å². The summed E-state index contributed by atoms with van der Waals surface area (Å²) in [6.07, 6.45) is 0.582. The Balaban J connectivity index is 2.21. The van der Waals surface area contributed by atoms with Crippen LogP contribution in [-0.4, -0.2) is 39.2 Å². The Bertz CT molecular complexity index is 618. The number of carbonyl (C=O) groups excluding carboxylic acids is 1. The van der Waals surface area contributed by atoms with Gasteiger partial charge in [-0.05, 0) is 30.5 Å². The summed E-state index contributed by atoms with van der Waals surface area (Å²) in [6, 6.07) is 5.54. The van der Waals surface area contributed by atoms with Crippen molar-refractivity contribution in [1.29, 1.82) is 0 Å². The lowest BCUT2D eigenvalue weighted by Crippen LogP contribution is -2.47. The summed E-state index contributed by atoms with van der Waals surface area (Å²) in [7, 11) is 0. The Kier molecular flexibility index (Phi) is 3.52. The molecule has 1 aromatic heterocycles. The van der Waals surface area contributed by atoms with Gasteiger partial charge in [0.1, 0.15) is 0 Å². The molecule has 0 radical (unpaired) electrons. The van der Waals surface area contributed by atoms with Gasteiger partial charge >= 0.3 is 5.97 Å². The first-order chi connectivity index (χ1) is 8.99. The van der Waals surface area contributed by atoms with Gasteiger partial charge in [-0.3, -0.25) is 4.79 Å². The second kappa shape index (κ2) is 5.11. The van der Waals surface area contributed by atoms with E-state index in [0.717, 1.165) is 10.9 Å². The van der Waals surface area contributed by atoms with Gasteiger partial charge in [0.2, 0.25) is 0 Å². The van der Waals surface area contributed by atoms with Crippen LogP contribution in [-0.2, 0) is 4.79 Å². The number of nitrogens with one attached hydrogen (secondary N) is 2. The Morgan fingerprint density at radius 2 is 2.05 bits per heavy atom. The number of carbonyl (C=O) groups is 2. The first-order valence-electron chi connectivity index (χ1n) is 5.78. The van der Waals surface area contributed by atoms with Gasteiger partial charge in [0.05, 0.1) is 6.10 Å². The minimum absolute atomic E-state index is 0.335. The van der Waals surface area contributed by atoms with E-state index in [2.05, 4.69) is 10.3 Å². The van der Waals surface area contributed by atoms with Gasteiger partial charge in [0.15, 0.2) is 6.04 Å². The van der Waals surface area contributed by atoms with E-state index < -0.39 is 24.0 Å². The fourth-order valence-corrected chi connectivity index (χ4v) is 1.80. The van der Waals surface area contributed by atoms with E-state index in [1.165, 1.54) is 6.92 Å². The normalized spacial score (nSPS) is 14.0. The van der Waals surface area contributed by atoms with Crippen LogP contribution in [0.2, 0.25) is 0 Å². The molecular formula is C13H14N2O4. The zero-order valence-corrected chi connectivity index (χ0v) is 10.3. The van der Waals surface area contributed by atoms with Crippen molar-refractivity contribution in [2.45, 2.75) is 19.1 Å². The largest absolute Gasteiger partial charge is 0.480 e. The molecular weight excluding hydrogens is 248 g/mol. The smallest absolute Gasteiger partial charge is 0.328 e. The number of fused-ring (bicyclic) bond motifs is 1. The van der Waals surface area contributed by atoms with Crippen molar-refractivity contribution in [3.05, 3.63) is 36.0 Å². The van der Waals surface area contributed by atoms with Crippen molar-refractivity contribution in [3.63, 3.8) is 0 Å². The minimum Gasteiger partial charge on any atom is -0.480 e. The molecule has 6 nitrogen and oxygen atoms in total. The summed E-state index contributed by atoms with van der Waals surface area (Å²) in [5.41, 5.74) is 1.12. The number of carboxylic acid groups (broad SMARTS) is 1. The number of aromatic nitrogens is 1. The number of aromatic amines is 1. The summed E-state index contributed by atoms with van der Waals surface area (Å²) in [5, 5.41) is 21.5. The molecule has 2 rings (SSSR count). The van der Waals surface area contributed by atoms with E-state index in [1.54, 1.807) is 24.4 Å². The molecule has 0 spiro atoms. The SMILES string of the molecule is CC(O)C(NC(=O)c1ccc2cc[nH]c2c1)C(=O)O. The van der Waals surface area contributed by atoms with E-state index in [9.17, 15) is 14.7 Å². The zero-order chi connectivity index (χ0) is 14.0. The Labute approximate surface area is 109 Å². The third-order valence-corrected chi connectivity index (χ3v) is 2.85. The number of amides is 1. The van der Waals surface area contributed by atoms with Crippen molar-refractivity contribution in [2.75, 3.05) is 0 Å². The molecule has 2 aromatic rings. The molecule has 1 amide bonds. The lowest BCUT2D eigenvalue weighted by molar-refractivity contribution is -0.141. The van der Waals surface area contributed by atoms with Gasteiger partial charge in [-0.2, -0.15) is 0 Å². The van der Waals surface area contributed by atoms with Gasteiger partial charge < -0.3 is 20.5 Å². The molecule has 2 atom stereocenters. The van der Waals surface area contributed by atoms with Crippen molar-refractivity contribution >= 4 is 22.8 Å². The number of aliphatic hydroxyl groups is 1. The first-order valence-corrected chi connectivity index (χ1v) is 5.78. The predicted molar refractivity (Wildman–Crippen MR) is 68.9 cm³/mol. The molecule has 0 fully saturated rings. The number of aliphatic hydroxyl groups excluding tert-OH is 1. The molecule has 4 N–H and O–H groups in total. The van der Waals surface area contributed by atoms with Crippen LogP contribution >= 0.6 is 0 Å². The highest BCUT2D eigenvalue weighted by molar-refractivity contribution is 5.99. The monoisotopic (exact) mass is 262 g/mol. The molecule has 1 aromatic carbocycles. The fraction of sp³-hybridized carbons (Fsp3) is 0.231. The quantitative estimate of drug-likeness (QED) is 0.652. The molecule has 0 aliphatic carbocycles. The van der Waals surface area contributed by atoms with Gasteiger partial charge in [0.25, 0.3) is 5.91 Å². The van der Waals surface area contributed by atoms with E-state index in [-0.39, 0.29) is 0 Å². The van der Waals surface area contributed by atoms with E-state index in [0.29, 0.717) is 5.56 Å². The Morgan fingerprint density at radius 3 is 2.68 bits per heavy atom. The van der Waals surface area contributed by atoms with Crippen molar-refractivity contribution in [3.8, 4) is 0 Å². The van der Waals surface area contributed by atoms with Gasteiger partial charge in [0, 0.05) is 17.3 Å². The summed E-state index contributed by atoms with van der Waals surface area (Å²) < 4.78 is 0. The highest BCUT2D eigenvalue weighted by Crippen LogP contribution is 2.14. The van der Waals surface area contributed by atoms with Gasteiger partial charge in [-0.25, -0.2) is 4.79 Å².